The summed E-state index contributed by atoms with van der Waals surface area (Å²) in [4.78, 5) is 34.9. The van der Waals surface area contributed by atoms with Gasteiger partial charge in [0.1, 0.15) is 6.61 Å². The van der Waals surface area contributed by atoms with Gasteiger partial charge in [0.15, 0.2) is 17.7 Å². The molecule has 2 aromatic carbocycles. The molecule has 3 rings (SSSR count). The second kappa shape index (κ2) is 6.07. The van der Waals surface area contributed by atoms with Crippen LogP contribution in [0.2, 0.25) is 0 Å². The highest BCUT2D eigenvalue weighted by atomic mass is 16.5. The summed E-state index contributed by atoms with van der Waals surface area (Å²) in [5, 5.41) is 4.69. The molecule has 0 aliphatic heterocycles. The van der Waals surface area contributed by atoms with Crippen LogP contribution in [-0.4, -0.2) is 30.2 Å². The maximum absolute atomic E-state index is 12.0. The number of carbonyl (C=O) groups is 3. The van der Waals surface area contributed by atoms with Crippen molar-refractivity contribution in [1.82, 2.24) is 0 Å². The first-order chi connectivity index (χ1) is 10.6. The van der Waals surface area contributed by atoms with Crippen molar-refractivity contribution in [2.24, 2.45) is 0 Å². The molecule has 1 fully saturated rings. The molecule has 1 aliphatic carbocycles. The first kappa shape index (κ1) is 14.4. The van der Waals surface area contributed by atoms with Gasteiger partial charge in [-0.25, -0.2) is 0 Å². The molecule has 1 aliphatic rings. The first-order valence-corrected chi connectivity index (χ1v) is 7.10. The molecule has 112 valence electrons. The van der Waals surface area contributed by atoms with E-state index in [0.717, 1.165) is 10.8 Å². The van der Waals surface area contributed by atoms with E-state index in [1.165, 1.54) is 0 Å². The summed E-state index contributed by atoms with van der Waals surface area (Å²) in [5.41, 5.74) is 0.677. The van der Waals surface area contributed by atoms with Gasteiger partial charge in [-0.05, 0) is 11.5 Å². The number of benzene rings is 2. The van der Waals surface area contributed by atoms with Crippen molar-refractivity contribution >= 4 is 33.9 Å². The maximum Gasteiger partial charge on any atom is 0.250 e. The summed E-state index contributed by atoms with van der Waals surface area (Å²) in [6.07, 6.45) is -0.665. The summed E-state index contributed by atoms with van der Waals surface area (Å²) in [6.45, 7) is -0.314. The van der Waals surface area contributed by atoms with Crippen LogP contribution in [0.15, 0.2) is 42.5 Å². The van der Waals surface area contributed by atoms with Gasteiger partial charge < -0.3 is 10.1 Å². The third kappa shape index (κ3) is 2.89. The third-order valence-electron chi connectivity index (χ3n) is 3.65. The quantitative estimate of drug-likeness (QED) is 0.877. The lowest BCUT2D eigenvalue weighted by atomic mass is 10.1. The van der Waals surface area contributed by atoms with Gasteiger partial charge in [-0.3, -0.25) is 14.4 Å². The Morgan fingerprint density at radius 2 is 1.73 bits per heavy atom. The van der Waals surface area contributed by atoms with Crippen LogP contribution >= 0.6 is 0 Å². The van der Waals surface area contributed by atoms with Crippen molar-refractivity contribution in [2.45, 2.75) is 18.9 Å². The normalized spacial score (nSPS) is 15.5. The van der Waals surface area contributed by atoms with Gasteiger partial charge in [-0.2, -0.15) is 0 Å². The van der Waals surface area contributed by atoms with Crippen molar-refractivity contribution in [3.05, 3.63) is 42.5 Å². The predicted octanol–water partition coefficient (Wildman–Crippen LogP) is 2.10. The molecule has 0 spiro atoms. The number of rotatable bonds is 4. The number of hydrogen-bond acceptors (Lipinski definition) is 4. The SMILES string of the molecule is O=C(COC1C(=O)CCC1=O)Nc1cccc2ccccc12. The van der Waals surface area contributed by atoms with Crippen LogP contribution in [-0.2, 0) is 19.1 Å². The smallest absolute Gasteiger partial charge is 0.250 e. The fourth-order valence-electron chi connectivity index (χ4n) is 2.55. The molecule has 0 atom stereocenters. The predicted molar refractivity (Wildman–Crippen MR) is 81.6 cm³/mol. The Morgan fingerprint density at radius 3 is 2.50 bits per heavy atom. The van der Waals surface area contributed by atoms with Crippen molar-refractivity contribution in [3.63, 3.8) is 0 Å². The molecule has 1 amide bonds. The van der Waals surface area contributed by atoms with Crippen LogP contribution in [0.1, 0.15) is 12.8 Å². The maximum atomic E-state index is 12.0. The van der Waals surface area contributed by atoms with Gasteiger partial charge in [0.05, 0.1) is 0 Å². The molecule has 0 radical (unpaired) electrons. The minimum Gasteiger partial charge on any atom is -0.353 e. The zero-order valence-corrected chi connectivity index (χ0v) is 11.9. The van der Waals surface area contributed by atoms with Gasteiger partial charge >= 0.3 is 0 Å². The van der Waals surface area contributed by atoms with Crippen LogP contribution < -0.4 is 5.32 Å². The molecule has 0 heterocycles. The van der Waals surface area contributed by atoms with Crippen molar-refractivity contribution < 1.29 is 19.1 Å². The fraction of sp³-hybridized carbons (Fsp3) is 0.235. The van der Waals surface area contributed by atoms with Gasteiger partial charge in [0.25, 0.3) is 0 Å². The molecule has 5 nitrogen and oxygen atoms in total. The summed E-state index contributed by atoms with van der Waals surface area (Å²) >= 11 is 0. The van der Waals surface area contributed by atoms with Gasteiger partial charge in [-0.15, -0.1) is 0 Å². The Balaban J connectivity index is 1.66. The number of anilines is 1. The lowest BCUT2D eigenvalue weighted by molar-refractivity contribution is -0.139. The molecule has 22 heavy (non-hydrogen) atoms. The van der Waals surface area contributed by atoms with E-state index >= 15 is 0 Å². The van der Waals surface area contributed by atoms with Crippen LogP contribution in [0.5, 0.6) is 0 Å². The highest BCUT2D eigenvalue weighted by molar-refractivity contribution is 6.11. The molecule has 0 saturated heterocycles. The van der Waals surface area contributed by atoms with Crippen LogP contribution in [0.25, 0.3) is 10.8 Å². The second-order valence-electron chi connectivity index (χ2n) is 5.20. The molecule has 0 bridgehead atoms. The lowest BCUT2D eigenvalue weighted by Gasteiger charge is -2.11. The molecular formula is C17H15NO4. The number of ketones is 2. The third-order valence-corrected chi connectivity index (χ3v) is 3.65. The summed E-state index contributed by atoms with van der Waals surface area (Å²) in [5.74, 6) is -0.880. The summed E-state index contributed by atoms with van der Waals surface area (Å²) in [7, 11) is 0. The molecule has 1 N–H and O–H groups in total. The van der Waals surface area contributed by atoms with Crippen LogP contribution in [0, 0.1) is 0 Å². The van der Waals surface area contributed by atoms with Gasteiger partial charge in [-0.1, -0.05) is 36.4 Å². The lowest BCUT2D eigenvalue weighted by Crippen LogP contribution is -2.30. The van der Waals surface area contributed by atoms with E-state index in [9.17, 15) is 14.4 Å². The van der Waals surface area contributed by atoms with E-state index < -0.39 is 6.10 Å². The first-order valence-electron chi connectivity index (χ1n) is 7.10. The molecule has 5 heteroatoms. The van der Waals surface area contributed by atoms with Crippen molar-refractivity contribution in [3.8, 4) is 0 Å². The summed E-state index contributed by atoms with van der Waals surface area (Å²) in [6, 6.07) is 13.3. The second-order valence-corrected chi connectivity index (χ2v) is 5.20. The Kier molecular flexibility index (Phi) is 3.98. The fourth-order valence-corrected chi connectivity index (χ4v) is 2.55. The zero-order chi connectivity index (χ0) is 15.5. The van der Waals surface area contributed by atoms with Crippen LogP contribution in [0.4, 0.5) is 5.69 Å². The molecule has 0 unspecified atom stereocenters. The Morgan fingerprint density at radius 1 is 1.05 bits per heavy atom. The number of nitrogens with one attached hydrogen (secondary N) is 1. The van der Waals surface area contributed by atoms with E-state index in [0.29, 0.717) is 5.69 Å². The molecule has 1 saturated carbocycles. The molecule has 2 aromatic rings. The zero-order valence-electron chi connectivity index (χ0n) is 11.9. The van der Waals surface area contributed by atoms with E-state index in [2.05, 4.69) is 5.32 Å². The molecular weight excluding hydrogens is 282 g/mol. The highest BCUT2D eigenvalue weighted by Gasteiger charge is 2.34. The van der Waals surface area contributed by atoms with E-state index in [1.807, 2.05) is 36.4 Å². The van der Waals surface area contributed by atoms with Crippen molar-refractivity contribution in [1.29, 1.82) is 0 Å². The highest BCUT2D eigenvalue weighted by Crippen LogP contribution is 2.23. The number of fused-ring (bicyclic) bond motifs is 1. The number of amides is 1. The van der Waals surface area contributed by atoms with E-state index in [1.54, 1.807) is 6.07 Å². The van der Waals surface area contributed by atoms with Gasteiger partial charge in [0.2, 0.25) is 5.91 Å². The average molecular weight is 297 g/mol. The Labute approximate surface area is 127 Å². The van der Waals surface area contributed by atoms with Gasteiger partial charge in [0, 0.05) is 23.9 Å². The minimum absolute atomic E-state index is 0.203. The number of ether oxygens (including phenoxy) is 1. The number of carbonyl (C=O) groups excluding carboxylic acids is 3. The average Bonchev–Trinajstić information content (AvgIpc) is 2.84. The minimum atomic E-state index is -1.07. The van der Waals surface area contributed by atoms with Crippen LogP contribution in [0.3, 0.4) is 0 Å². The monoisotopic (exact) mass is 297 g/mol. The van der Waals surface area contributed by atoms with Crippen molar-refractivity contribution in [2.75, 3.05) is 11.9 Å². The van der Waals surface area contributed by atoms with E-state index in [4.69, 9.17) is 4.74 Å². The standard InChI is InChI=1S/C17H15NO4/c19-14-8-9-15(20)17(14)22-10-16(21)18-13-7-3-5-11-4-1-2-6-12(11)13/h1-7,17H,8-10H2,(H,18,21). The number of Topliss-reactive ketones (excluding diaryl/α,β-unsaturated/α-hetero) is 2. The topological polar surface area (TPSA) is 72.5 Å². The largest absolute Gasteiger partial charge is 0.353 e. The molecule has 0 aromatic heterocycles. The Bertz CT molecular complexity index is 732. The Hall–Kier alpha value is -2.53. The number of hydrogen-bond donors (Lipinski definition) is 1. The van der Waals surface area contributed by atoms with E-state index in [-0.39, 0.29) is 36.9 Å². The summed E-state index contributed by atoms with van der Waals surface area (Å²) < 4.78 is 5.16.